The number of nitrogens with zero attached hydrogens (tertiary/aromatic N) is 1. The van der Waals surface area contributed by atoms with Crippen molar-refractivity contribution in [3.05, 3.63) is 30.1 Å². The predicted octanol–water partition coefficient (Wildman–Crippen LogP) is -2.69. The Morgan fingerprint density at radius 1 is 1.54 bits per heavy atom. The highest BCUT2D eigenvalue weighted by atomic mass is 79.9. The van der Waals surface area contributed by atoms with Crippen molar-refractivity contribution in [3.63, 3.8) is 0 Å². The van der Waals surface area contributed by atoms with Gasteiger partial charge in [0, 0.05) is 12.5 Å². The van der Waals surface area contributed by atoms with Gasteiger partial charge >= 0.3 is 0 Å². The van der Waals surface area contributed by atoms with Crippen molar-refractivity contribution < 1.29 is 21.5 Å². The van der Waals surface area contributed by atoms with Crippen LogP contribution >= 0.6 is 0 Å². The molecular weight excluding hydrogens is 228 g/mol. The molecular formula is C10H13BrN2. The fraction of sp³-hybridized carbons (Fsp3) is 0.300. The Hall–Kier alpha value is -0.850. The molecule has 13 heavy (non-hydrogen) atoms. The normalized spacial score (nSPS) is 8.62. The maximum Gasteiger partial charge on any atom is 0.184 e. The Kier molecular flexibility index (Phi) is 6.21. The predicted molar refractivity (Wildman–Crippen MR) is 48.2 cm³/mol. The minimum atomic E-state index is 0. The summed E-state index contributed by atoms with van der Waals surface area (Å²) in [6.07, 6.45) is 10.2. The van der Waals surface area contributed by atoms with Gasteiger partial charge in [-0.25, -0.2) is 4.57 Å². The molecule has 0 amide bonds. The molecule has 0 aliphatic carbocycles. The largest absolute Gasteiger partial charge is 1.00 e. The van der Waals surface area contributed by atoms with Crippen LogP contribution in [0.3, 0.4) is 0 Å². The van der Waals surface area contributed by atoms with Crippen LogP contribution in [0.5, 0.6) is 0 Å². The molecule has 0 atom stereocenters. The fourth-order valence-electron chi connectivity index (χ4n) is 1.02. The summed E-state index contributed by atoms with van der Waals surface area (Å²) in [6.45, 7) is 1.65. The van der Waals surface area contributed by atoms with Crippen LogP contribution in [0, 0.1) is 12.3 Å². The lowest BCUT2D eigenvalue weighted by Gasteiger charge is -1.94. The second kappa shape index (κ2) is 6.64. The second-order valence-corrected chi connectivity index (χ2v) is 2.62. The van der Waals surface area contributed by atoms with E-state index in [1.807, 2.05) is 24.5 Å². The number of halogens is 1. The summed E-state index contributed by atoms with van der Waals surface area (Å²) < 4.78 is 2.06. The molecule has 1 rings (SSSR count). The van der Waals surface area contributed by atoms with E-state index in [4.69, 9.17) is 12.2 Å². The topological polar surface area (TPSA) is 29.9 Å². The SMILES string of the molecule is C#Cc1ccc[n+](CCCN)c1.[Br-]. The van der Waals surface area contributed by atoms with Crippen LogP contribution in [0.25, 0.3) is 0 Å². The number of hydrogen-bond acceptors (Lipinski definition) is 1. The van der Waals surface area contributed by atoms with Gasteiger partial charge in [-0.1, -0.05) is 5.92 Å². The average molecular weight is 241 g/mol. The highest BCUT2D eigenvalue weighted by molar-refractivity contribution is 5.26. The zero-order valence-corrected chi connectivity index (χ0v) is 9.00. The Labute approximate surface area is 89.5 Å². The summed E-state index contributed by atoms with van der Waals surface area (Å²) >= 11 is 0. The van der Waals surface area contributed by atoms with E-state index in [0.29, 0.717) is 6.54 Å². The Morgan fingerprint density at radius 2 is 2.31 bits per heavy atom. The van der Waals surface area contributed by atoms with Gasteiger partial charge < -0.3 is 22.7 Å². The molecule has 0 radical (unpaired) electrons. The molecule has 3 heteroatoms. The van der Waals surface area contributed by atoms with Crippen molar-refractivity contribution in [1.29, 1.82) is 0 Å². The van der Waals surface area contributed by atoms with Crippen LogP contribution in [0.1, 0.15) is 12.0 Å². The third-order valence-corrected chi connectivity index (χ3v) is 1.65. The van der Waals surface area contributed by atoms with Gasteiger partial charge in [0.25, 0.3) is 0 Å². The number of rotatable bonds is 3. The number of hydrogen-bond donors (Lipinski definition) is 1. The molecule has 0 bridgehead atoms. The van der Waals surface area contributed by atoms with Gasteiger partial charge in [-0.15, -0.1) is 6.42 Å². The van der Waals surface area contributed by atoms with Crippen molar-refractivity contribution in [2.24, 2.45) is 5.73 Å². The third kappa shape index (κ3) is 4.07. The van der Waals surface area contributed by atoms with Gasteiger partial charge in [0.1, 0.15) is 6.54 Å². The number of nitrogens with two attached hydrogens (primary N) is 1. The molecule has 0 aliphatic heterocycles. The van der Waals surface area contributed by atoms with Crippen molar-refractivity contribution in [3.8, 4) is 12.3 Å². The van der Waals surface area contributed by atoms with Crippen LogP contribution < -0.4 is 27.3 Å². The fourth-order valence-corrected chi connectivity index (χ4v) is 1.02. The molecule has 0 spiro atoms. The van der Waals surface area contributed by atoms with Gasteiger partial charge in [-0.3, -0.25) is 0 Å². The van der Waals surface area contributed by atoms with Gasteiger partial charge in [0.15, 0.2) is 12.4 Å². The minimum Gasteiger partial charge on any atom is -1.00 e. The highest BCUT2D eigenvalue weighted by Gasteiger charge is 1.98. The lowest BCUT2D eigenvalue weighted by atomic mass is 10.3. The summed E-state index contributed by atoms with van der Waals surface area (Å²) in [5.74, 6) is 2.59. The summed E-state index contributed by atoms with van der Waals surface area (Å²) in [7, 11) is 0. The van der Waals surface area contributed by atoms with E-state index in [2.05, 4.69) is 10.5 Å². The first-order valence-electron chi connectivity index (χ1n) is 4.02. The summed E-state index contributed by atoms with van der Waals surface area (Å²) in [4.78, 5) is 0. The zero-order chi connectivity index (χ0) is 8.81. The number of pyridine rings is 1. The molecule has 0 saturated carbocycles. The van der Waals surface area contributed by atoms with Crippen molar-refractivity contribution in [2.45, 2.75) is 13.0 Å². The van der Waals surface area contributed by atoms with Crippen molar-refractivity contribution >= 4 is 0 Å². The zero-order valence-electron chi connectivity index (χ0n) is 7.41. The van der Waals surface area contributed by atoms with Gasteiger partial charge in [-0.05, 0) is 12.6 Å². The second-order valence-electron chi connectivity index (χ2n) is 2.62. The molecule has 0 unspecified atom stereocenters. The molecule has 0 aromatic carbocycles. The quantitative estimate of drug-likeness (QED) is 0.453. The number of aromatic nitrogens is 1. The smallest absolute Gasteiger partial charge is 0.184 e. The minimum absolute atomic E-state index is 0. The molecule has 0 fully saturated rings. The highest BCUT2D eigenvalue weighted by Crippen LogP contribution is 1.90. The lowest BCUT2D eigenvalue weighted by molar-refractivity contribution is -0.697. The molecule has 0 aliphatic rings. The van der Waals surface area contributed by atoms with Crippen molar-refractivity contribution in [2.75, 3.05) is 6.54 Å². The van der Waals surface area contributed by atoms with Gasteiger partial charge in [0.05, 0.1) is 5.56 Å². The first-order chi connectivity index (χ1) is 5.86. The standard InChI is InChI=1S/C10H13N2.BrH/c1-2-10-5-3-7-12(9-10)8-4-6-11;/h1,3,5,7,9H,4,6,8,11H2;1H/q+1;/p-1. The van der Waals surface area contributed by atoms with Crippen LogP contribution in [-0.4, -0.2) is 6.54 Å². The van der Waals surface area contributed by atoms with Gasteiger partial charge in [-0.2, -0.15) is 0 Å². The molecule has 2 N–H and O–H groups in total. The molecule has 2 nitrogen and oxygen atoms in total. The van der Waals surface area contributed by atoms with Crippen LogP contribution in [0.4, 0.5) is 0 Å². The first-order valence-corrected chi connectivity index (χ1v) is 4.02. The van der Waals surface area contributed by atoms with Crippen LogP contribution in [0.2, 0.25) is 0 Å². The van der Waals surface area contributed by atoms with E-state index in [1.165, 1.54) is 0 Å². The van der Waals surface area contributed by atoms with Crippen molar-refractivity contribution in [1.82, 2.24) is 0 Å². The van der Waals surface area contributed by atoms with E-state index >= 15 is 0 Å². The van der Waals surface area contributed by atoms with Gasteiger partial charge in [0.2, 0.25) is 0 Å². The van der Waals surface area contributed by atoms with E-state index in [1.54, 1.807) is 0 Å². The third-order valence-electron chi connectivity index (χ3n) is 1.65. The molecule has 1 aromatic heterocycles. The molecule has 70 valence electrons. The first kappa shape index (κ1) is 12.2. The Balaban J connectivity index is 0.00000144. The van der Waals surface area contributed by atoms with E-state index in [9.17, 15) is 0 Å². The van der Waals surface area contributed by atoms with Crippen LogP contribution in [0.15, 0.2) is 24.5 Å². The number of aryl methyl sites for hydroxylation is 1. The lowest BCUT2D eigenvalue weighted by Crippen LogP contribution is -3.00. The van der Waals surface area contributed by atoms with E-state index in [0.717, 1.165) is 18.5 Å². The molecule has 1 aromatic rings. The molecule has 0 saturated heterocycles. The maximum absolute atomic E-state index is 5.39. The maximum atomic E-state index is 5.39. The summed E-state index contributed by atoms with van der Waals surface area (Å²) in [5, 5.41) is 0. The number of terminal acetylenes is 1. The summed E-state index contributed by atoms with van der Waals surface area (Å²) in [6, 6.07) is 3.87. The summed E-state index contributed by atoms with van der Waals surface area (Å²) in [5.41, 5.74) is 6.30. The molecule has 1 heterocycles. The monoisotopic (exact) mass is 240 g/mol. The van der Waals surface area contributed by atoms with E-state index in [-0.39, 0.29) is 17.0 Å². The van der Waals surface area contributed by atoms with Crippen LogP contribution in [-0.2, 0) is 6.54 Å². The Bertz CT molecular complexity index is 291. The van der Waals surface area contributed by atoms with E-state index < -0.39 is 0 Å². The average Bonchev–Trinajstić information content (AvgIpc) is 2.15. The Morgan fingerprint density at radius 3 is 2.92 bits per heavy atom.